The monoisotopic (exact) mass is 676 g/mol. The third-order valence-corrected chi connectivity index (χ3v) is 8.84. The van der Waals surface area contributed by atoms with E-state index in [0.29, 0.717) is 43.7 Å². The average Bonchev–Trinajstić information content (AvgIpc) is 3.52. The second-order valence-corrected chi connectivity index (χ2v) is 11.9. The van der Waals surface area contributed by atoms with Gasteiger partial charge in [-0.05, 0) is 83.3 Å². The van der Waals surface area contributed by atoms with Crippen molar-refractivity contribution in [1.82, 2.24) is 24.9 Å². The number of halogens is 4. The first kappa shape index (κ1) is 29.9. The lowest BCUT2D eigenvalue weighted by Gasteiger charge is -2.30. The molecule has 44 heavy (non-hydrogen) atoms. The summed E-state index contributed by atoms with van der Waals surface area (Å²) in [5.74, 6) is -0.874. The van der Waals surface area contributed by atoms with Gasteiger partial charge in [0.25, 0.3) is 0 Å². The lowest BCUT2D eigenvalue weighted by Crippen LogP contribution is -2.34. The molecule has 0 radical (unpaired) electrons. The molecule has 1 unspecified atom stereocenters. The van der Waals surface area contributed by atoms with Crippen LogP contribution in [0.4, 0.5) is 25.8 Å². The van der Waals surface area contributed by atoms with Gasteiger partial charge >= 0.3 is 0 Å². The largest absolute Gasteiger partial charge is 0.373 e. The smallest absolute Gasteiger partial charge is 0.141 e. The Balaban J connectivity index is 1.38. The summed E-state index contributed by atoms with van der Waals surface area (Å²) in [4.78, 5) is 6.93. The summed E-state index contributed by atoms with van der Waals surface area (Å²) >= 11 is 9.67. The summed E-state index contributed by atoms with van der Waals surface area (Å²) in [7, 11) is 0. The molecule has 2 aromatic heterocycles. The van der Waals surface area contributed by atoms with Gasteiger partial charge in [-0.25, -0.2) is 13.5 Å². The van der Waals surface area contributed by atoms with E-state index < -0.39 is 11.9 Å². The molecule has 1 aliphatic heterocycles. The molecule has 0 spiro atoms. The molecule has 0 saturated carbocycles. The van der Waals surface area contributed by atoms with Crippen LogP contribution in [-0.4, -0.2) is 44.5 Å². The molecule has 0 amide bonds. The zero-order valence-electron chi connectivity index (χ0n) is 23.7. The van der Waals surface area contributed by atoms with E-state index in [1.165, 1.54) is 30.5 Å². The van der Waals surface area contributed by atoms with Crippen molar-refractivity contribution in [3.05, 3.63) is 105 Å². The van der Waals surface area contributed by atoms with Crippen LogP contribution >= 0.6 is 27.5 Å². The van der Waals surface area contributed by atoms with E-state index in [2.05, 4.69) is 59.8 Å². The number of piperidine rings is 1. The molecular formula is C32H28BrClF2N8. The molecular weight excluding hydrogens is 650 g/mol. The first-order valence-electron chi connectivity index (χ1n) is 14.2. The Morgan fingerprint density at radius 1 is 1.09 bits per heavy atom. The van der Waals surface area contributed by atoms with E-state index in [1.54, 1.807) is 18.2 Å². The second kappa shape index (κ2) is 12.9. The maximum absolute atomic E-state index is 13.9. The molecule has 1 atom stereocenters. The number of rotatable bonds is 8. The molecule has 3 heterocycles. The summed E-state index contributed by atoms with van der Waals surface area (Å²) in [6.45, 7) is 5.24. The van der Waals surface area contributed by atoms with Crippen LogP contribution in [0.15, 0.2) is 71.5 Å². The van der Waals surface area contributed by atoms with Gasteiger partial charge in [-0.15, -0.1) is 5.10 Å². The van der Waals surface area contributed by atoms with E-state index in [-0.39, 0.29) is 16.9 Å². The van der Waals surface area contributed by atoms with Crippen molar-refractivity contribution >= 4 is 55.5 Å². The highest BCUT2D eigenvalue weighted by Gasteiger charge is 2.24. The molecule has 0 bridgehead atoms. The van der Waals surface area contributed by atoms with Crippen LogP contribution in [0.1, 0.15) is 48.7 Å². The topological polar surface area (TPSA) is 94.7 Å². The van der Waals surface area contributed by atoms with Crippen molar-refractivity contribution in [3.8, 4) is 6.07 Å². The van der Waals surface area contributed by atoms with Gasteiger partial charge in [0.1, 0.15) is 23.4 Å². The minimum atomic E-state index is -0.540. The number of likely N-dealkylation sites (tertiary alicyclic amines) is 1. The number of hydrogen-bond donors (Lipinski definition) is 2. The van der Waals surface area contributed by atoms with Crippen LogP contribution in [-0.2, 0) is 0 Å². The van der Waals surface area contributed by atoms with Crippen molar-refractivity contribution in [1.29, 1.82) is 5.26 Å². The minimum absolute atomic E-state index is 0.0403. The Morgan fingerprint density at radius 3 is 2.57 bits per heavy atom. The zero-order valence-corrected chi connectivity index (χ0v) is 26.1. The zero-order chi connectivity index (χ0) is 30.8. The Kier molecular flexibility index (Phi) is 8.75. The van der Waals surface area contributed by atoms with Crippen LogP contribution in [0.2, 0.25) is 5.02 Å². The second-order valence-electron chi connectivity index (χ2n) is 10.7. The van der Waals surface area contributed by atoms with E-state index in [9.17, 15) is 14.0 Å². The van der Waals surface area contributed by atoms with Crippen LogP contribution in [0, 0.1) is 23.0 Å². The first-order valence-corrected chi connectivity index (χ1v) is 15.4. The molecule has 2 N–H and O–H groups in total. The Morgan fingerprint density at radius 2 is 1.86 bits per heavy atom. The fourth-order valence-corrected chi connectivity index (χ4v) is 6.27. The summed E-state index contributed by atoms with van der Waals surface area (Å²) in [5.41, 5.74) is 4.11. The number of nitrogens with zero attached hydrogens (tertiary/aromatic N) is 6. The fourth-order valence-electron chi connectivity index (χ4n) is 5.53. The predicted molar refractivity (Wildman–Crippen MR) is 171 cm³/mol. The molecule has 1 aliphatic rings. The number of nitriles is 1. The molecule has 0 aliphatic carbocycles. The number of aromatic nitrogens is 4. The molecule has 8 nitrogen and oxygen atoms in total. The highest BCUT2D eigenvalue weighted by atomic mass is 79.9. The van der Waals surface area contributed by atoms with Crippen molar-refractivity contribution in [3.63, 3.8) is 0 Å². The van der Waals surface area contributed by atoms with E-state index in [0.717, 1.165) is 38.0 Å². The quantitative estimate of drug-likeness (QED) is 0.172. The van der Waals surface area contributed by atoms with Gasteiger partial charge in [-0.2, -0.15) is 5.26 Å². The standard InChI is InChI=1S/C32H28BrClF2N8/c1-2-43-11-9-24(10-12-43)44-18-29(41-42-44)31(19-3-5-21(35)6-4-19)40-23-13-25-30(39-22-7-8-28(36)27(34)15-22)20(16-37)17-38-32(25)26(33)14-23/h3-8,13-15,17-18,24,31,40H,2,9-12H2,1H3,(H,38,39). The molecule has 3 aromatic carbocycles. The summed E-state index contributed by atoms with van der Waals surface area (Å²) in [6.07, 6.45) is 5.43. The van der Waals surface area contributed by atoms with Crippen LogP contribution in [0.5, 0.6) is 0 Å². The number of pyridine rings is 1. The van der Waals surface area contributed by atoms with E-state index in [1.807, 2.05) is 23.0 Å². The lowest BCUT2D eigenvalue weighted by atomic mass is 10.0. The van der Waals surface area contributed by atoms with Gasteiger partial charge < -0.3 is 15.5 Å². The number of benzene rings is 3. The third-order valence-electron chi connectivity index (χ3n) is 7.95. The highest BCUT2D eigenvalue weighted by Crippen LogP contribution is 2.37. The van der Waals surface area contributed by atoms with Gasteiger partial charge in [0.15, 0.2) is 0 Å². The third kappa shape index (κ3) is 6.24. The van der Waals surface area contributed by atoms with Gasteiger partial charge in [0, 0.05) is 40.5 Å². The van der Waals surface area contributed by atoms with E-state index >= 15 is 0 Å². The summed E-state index contributed by atoms with van der Waals surface area (Å²) < 4.78 is 30.4. The average molecular weight is 678 g/mol. The number of fused-ring (bicyclic) bond motifs is 1. The maximum atomic E-state index is 13.9. The highest BCUT2D eigenvalue weighted by molar-refractivity contribution is 9.10. The van der Waals surface area contributed by atoms with Gasteiger partial charge in [-0.1, -0.05) is 35.9 Å². The van der Waals surface area contributed by atoms with E-state index in [4.69, 9.17) is 11.6 Å². The van der Waals surface area contributed by atoms with Gasteiger partial charge in [0.05, 0.1) is 40.1 Å². The van der Waals surface area contributed by atoms with Crippen LogP contribution in [0.3, 0.4) is 0 Å². The number of anilines is 3. The molecule has 5 aromatic rings. The Hall–Kier alpha value is -4.11. The normalized spacial score (nSPS) is 14.8. The number of nitrogens with one attached hydrogen (secondary N) is 2. The molecule has 1 saturated heterocycles. The minimum Gasteiger partial charge on any atom is -0.373 e. The fraction of sp³-hybridized carbons (Fsp3) is 0.250. The summed E-state index contributed by atoms with van der Waals surface area (Å²) in [6, 6.07) is 16.3. The molecule has 1 fully saturated rings. The van der Waals surface area contributed by atoms with Gasteiger partial charge in [0.2, 0.25) is 0 Å². The lowest BCUT2D eigenvalue weighted by molar-refractivity contribution is 0.186. The molecule has 224 valence electrons. The Labute approximate surface area is 266 Å². The van der Waals surface area contributed by atoms with Gasteiger partial charge in [-0.3, -0.25) is 4.98 Å². The Bertz CT molecular complexity index is 1850. The van der Waals surface area contributed by atoms with Crippen molar-refractivity contribution in [2.45, 2.75) is 31.8 Å². The molecule has 6 rings (SSSR count). The number of hydrogen-bond acceptors (Lipinski definition) is 7. The summed E-state index contributed by atoms with van der Waals surface area (Å²) in [5, 5.41) is 26.3. The van der Waals surface area contributed by atoms with Crippen molar-refractivity contribution in [2.24, 2.45) is 0 Å². The first-order chi connectivity index (χ1) is 21.3. The molecule has 12 heteroatoms. The maximum Gasteiger partial charge on any atom is 0.141 e. The predicted octanol–water partition coefficient (Wildman–Crippen LogP) is 7.99. The van der Waals surface area contributed by atoms with Crippen LogP contribution < -0.4 is 10.6 Å². The van der Waals surface area contributed by atoms with Crippen molar-refractivity contribution < 1.29 is 8.78 Å². The van der Waals surface area contributed by atoms with Crippen LogP contribution in [0.25, 0.3) is 10.9 Å². The SMILES string of the molecule is CCN1CCC(n2cc(C(Nc3cc(Br)c4ncc(C#N)c(Nc5ccc(F)c(Cl)c5)c4c3)c3ccc(F)cc3)nn2)CC1. The van der Waals surface area contributed by atoms with Crippen molar-refractivity contribution in [2.75, 3.05) is 30.3 Å².